The molecule has 110 valence electrons. The number of carbonyl (C=O) groups excluding carboxylic acids is 1. The molecule has 0 radical (unpaired) electrons. The Balaban J connectivity index is 0.000000211. The summed E-state index contributed by atoms with van der Waals surface area (Å²) < 4.78 is 0. The van der Waals surface area contributed by atoms with Crippen molar-refractivity contribution in [2.45, 2.75) is 13.8 Å². The molecule has 3 N–H and O–H groups in total. The van der Waals surface area contributed by atoms with E-state index in [0.717, 1.165) is 11.8 Å². The lowest BCUT2D eigenvalue weighted by Gasteiger charge is -1.98. The van der Waals surface area contributed by atoms with Crippen LogP contribution in [0.1, 0.15) is 31.8 Å². The zero-order chi connectivity index (χ0) is 16.0. The average Bonchev–Trinajstić information content (AvgIpc) is 2.45. The Bertz CT molecular complexity index is 662. The van der Waals surface area contributed by atoms with E-state index in [9.17, 15) is 9.59 Å². The van der Waals surface area contributed by atoms with E-state index < -0.39 is 5.97 Å². The number of rotatable bonds is 2. The second-order valence-corrected chi connectivity index (χ2v) is 4.47. The molecule has 0 aliphatic rings. The van der Waals surface area contributed by atoms with Gasteiger partial charge in [0.15, 0.2) is 0 Å². The van der Waals surface area contributed by atoms with Crippen molar-refractivity contribution in [1.29, 1.82) is 0 Å². The topological polar surface area (TPSA) is 94.8 Å². The standard InChI is InChI=1S/C8H8O3.C8H8O2/c1-5-4-6(8(10)11)2-3-7(5)9;1-6-4-7(5-9)2-3-8(6)10/h2-4,9H,1H3,(H,10,11);2-5,10H,1H3. The summed E-state index contributed by atoms with van der Waals surface area (Å²) in [6.07, 6.45) is 0.756. The van der Waals surface area contributed by atoms with E-state index in [1.807, 2.05) is 0 Å². The van der Waals surface area contributed by atoms with Crippen LogP contribution in [-0.2, 0) is 0 Å². The summed E-state index contributed by atoms with van der Waals surface area (Å²) in [5.74, 6) is -0.631. The van der Waals surface area contributed by atoms with E-state index in [1.54, 1.807) is 26.0 Å². The number of hydrogen-bond donors (Lipinski definition) is 3. The maximum atomic E-state index is 10.4. The van der Waals surface area contributed by atoms with Gasteiger partial charge < -0.3 is 15.3 Å². The molecule has 0 saturated carbocycles. The van der Waals surface area contributed by atoms with Crippen LogP contribution in [0.2, 0.25) is 0 Å². The number of aromatic carboxylic acids is 1. The molecule has 0 bridgehead atoms. The minimum Gasteiger partial charge on any atom is -0.508 e. The largest absolute Gasteiger partial charge is 0.508 e. The van der Waals surface area contributed by atoms with Crippen molar-refractivity contribution in [2.75, 3.05) is 0 Å². The van der Waals surface area contributed by atoms with Gasteiger partial charge in [0.05, 0.1) is 5.56 Å². The number of hydrogen-bond acceptors (Lipinski definition) is 4. The third-order valence-corrected chi connectivity index (χ3v) is 2.80. The quantitative estimate of drug-likeness (QED) is 0.738. The van der Waals surface area contributed by atoms with Crippen molar-refractivity contribution in [2.24, 2.45) is 0 Å². The van der Waals surface area contributed by atoms with E-state index in [2.05, 4.69) is 0 Å². The van der Waals surface area contributed by atoms with Gasteiger partial charge in [0, 0.05) is 5.56 Å². The SMILES string of the molecule is Cc1cc(C(=O)O)ccc1O.Cc1cc(C=O)ccc1O. The number of carbonyl (C=O) groups is 2. The molecule has 0 aromatic heterocycles. The molecule has 2 aromatic rings. The van der Waals surface area contributed by atoms with Crippen molar-refractivity contribution in [3.05, 3.63) is 58.7 Å². The maximum absolute atomic E-state index is 10.4. The van der Waals surface area contributed by atoms with Gasteiger partial charge in [0.1, 0.15) is 17.8 Å². The minimum atomic E-state index is -0.979. The summed E-state index contributed by atoms with van der Waals surface area (Å²) in [4.78, 5) is 20.6. The van der Waals surface area contributed by atoms with Gasteiger partial charge in [-0.25, -0.2) is 4.79 Å². The predicted octanol–water partition coefficient (Wildman–Crippen LogP) is 2.91. The first kappa shape index (κ1) is 16.2. The van der Waals surface area contributed by atoms with Gasteiger partial charge in [-0.2, -0.15) is 0 Å². The molecule has 0 unspecified atom stereocenters. The Labute approximate surface area is 122 Å². The fourth-order valence-corrected chi connectivity index (χ4v) is 1.54. The normalized spacial score (nSPS) is 9.43. The number of aromatic hydroxyl groups is 2. The summed E-state index contributed by atoms with van der Waals surface area (Å²) in [5.41, 5.74) is 2.09. The third kappa shape index (κ3) is 4.65. The van der Waals surface area contributed by atoms with Crippen LogP contribution in [-0.4, -0.2) is 27.6 Å². The Kier molecular flexibility index (Phi) is 5.48. The number of phenolic OH excluding ortho intramolecular Hbond substituents is 2. The molecule has 21 heavy (non-hydrogen) atoms. The fraction of sp³-hybridized carbons (Fsp3) is 0.125. The van der Waals surface area contributed by atoms with Gasteiger partial charge >= 0.3 is 5.97 Å². The molecular formula is C16H16O5. The molecule has 5 heteroatoms. The lowest BCUT2D eigenvalue weighted by molar-refractivity contribution is 0.0696. The van der Waals surface area contributed by atoms with E-state index >= 15 is 0 Å². The highest BCUT2D eigenvalue weighted by atomic mass is 16.4. The Morgan fingerprint density at radius 2 is 1.48 bits per heavy atom. The third-order valence-electron chi connectivity index (χ3n) is 2.80. The second kappa shape index (κ2) is 7.09. The zero-order valence-electron chi connectivity index (χ0n) is 11.7. The number of benzene rings is 2. The van der Waals surface area contributed by atoms with E-state index in [0.29, 0.717) is 11.1 Å². The minimum absolute atomic E-state index is 0.120. The van der Waals surface area contributed by atoms with Gasteiger partial charge in [0.25, 0.3) is 0 Å². The first-order valence-electron chi connectivity index (χ1n) is 6.13. The molecule has 0 heterocycles. The fourth-order valence-electron chi connectivity index (χ4n) is 1.54. The van der Waals surface area contributed by atoms with Crippen molar-refractivity contribution in [3.63, 3.8) is 0 Å². The highest BCUT2D eigenvalue weighted by molar-refractivity contribution is 5.88. The summed E-state index contributed by atoms with van der Waals surface area (Å²) in [7, 11) is 0. The Hall–Kier alpha value is -2.82. The van der Waals surface area contributed by atoms with Gasteiger partial charge in [-0.05, 0) is 61.4 Å². The Morgan fingerprint density at radius 3 is 1.90 bits per heavy atom. The van der Waals surface area contributed by atoms with Gasteiger partial charge in [-0.1, -0.05) is 0 Å². The van der Waals surface area contributed by atoms with Gasteiger partial charge in [0.2, 0.25) is 0 Å². The molecule has 0 spiro atoms. The van der Waals surface area contributed by atoms with Gasteiger partial charge in [-0.3, -0.25) is 4.79 Å². The van der Waals surface area contributed by atoms with E-state index in [1.165, 1.54) is 24.3 Å². The summed E-state index contributed by atoms with van der Waals surface area (Å²) >= 11 is 0. The van der Waals surface area contributed by atoms with Crippen LogP contribution in [0.5, 0.6) is 11.5 Å². The van der Waals surface area contributed by atoms with E-state index in [4.69, 9.17) is 15.3 Å². The number of phenols is 2. The number of aryl methyl sites for hydroxylation is 2. The summed E-state index contributed by atoms with van der Waals surface area (Å²) in [6.45, 7) is 3.41. The molecular weight excluding hydrogens is 272 g/mol. The van der Waals surface area contributed by atoms with Crippen molar-refractivity contribution in [1.82, 2.24) is 0 Å². The molecule has 0 amide bonds. The molecule has 0 atom stereocenters. The molecule has 2 rings (SSSR count). The number of aldehydes is 1. The molecule has 0 aliphatic carbocycles. The van der Waals surface area contributed by atoms with Crippen LogP contribution in [0.25, 0.3) is 0 Å². The molecule has 0 fully saturated rings. The monoisotopic (exact) mass is 288 g/mol. The maximum Gasteiger partial charge on any atom is 0.335 e. The zero-order valence-corrected chi connectivity index (χ0v) is 11.7. The lowest BCUT2D eigenvalue weighted by Crippen LogP contribution is -1.95. The highest BCUT2D eigenvalue weighted by Gasteiger charge is 2.03. The van der Waals surface area contributed by atoms with Crippen LogP contribution in [0, 0.1) is 13.8 Å². The van der Waals surface area contributed by atoms with Gasteiger partial charge in [-0.15, -0.1) is 0 Å². The molecule has 5 nitrogen and oxygen atoms in total. The van der Waals surface area contributed by atoms with Crippen molar-refractivity contribution >= 4 is 12.3 Å². The van der Waals surface area contributed by atoms with Crippen LogP contribution in [0.15, 0.2) is 36.4 Å². The van der Waals surface area contributed by atoms with Crippen molar-refractivity contribution < 1.29 is 24.9 Å². The van der Waals surface area contributed by atoms with E-state index in [-0.39, 0.29) is 17.1 Å². The molecule has 2 aromatic carbocycles. The second-order valence-electron chi connectivity index (χ2n) is 4.47. The Morgan fingerprint density at radius 1 is 0.952 bits per heavy atom. The predicted molar refractivity (Wildman–Crippen MR) is 78.0 cm³/mol. The first-order valence-corrected chi connectivity index (χ1v) is 6.13. The summed E-state index contributed by atoms with van der Waals surface area (Å²) in [5, 5.41) is 26.6. The number of carboxylic acids is 1. The van der Waals surface area contributed by atoms with Crippen LogP contribution in [0.4, 0.5) is 0 Å². The average molecular weight is 288 g/mol. The highest BCUT2D eigenvalue weighted by Crippen LogP contribution is 2.16. The van der Waals surface area contributed by atoms with Crippen molar-refractivity contribution in [3.8, 4) is 11.5 Å². The molecule has 0 aliphatic heterocycles. The first-order chi connectivity index (χ1) is 9.85. The molecule has 0 saturated heterocycles. The van der Waals surface area contributed by atoms with Crippen LogP contribution < -0.4 is 0 Å². The summed E-state index contributed by atoms with van der Waals surface area (Å²) in [6, 6.07) is 8.90. The number of carboxylic acid groups (broad SMARTS) is 1. The lowest BCUT2D eigenvalue weighted by atomic mass is 10.1. The van der Waals surface area contributed by atoms with Crippen LogP contribution >= 0.6 is 0 Å². The smallest absolute Gasteiger partial charge is 0.335 e. The van der Waals surface area contributed by atoms with Crippen LogP contribution in [0.3, 0.4) is 0 Å².